The molecule has 2 N–H and O–H groups in total. The van der Waals surface area contributed by atoms with E-state index in [0.717, 1.165) is 56.4 Å². The second kappa shape index (κ2) is 13.7. The van der Waals surface area contributed by atoms with Crippen LogP contribution in [-0.2, 0) is 40.5 Å². The SMILES string of the molecule is CS(=O)(=O)N1CCc2c(c(-c3ccc(C(F)(F)F)c(SCCN4CCCCC4)c3)nn2CC(O)CN2CCCC2C(=O)O)C1. The van der Waals surface area contributed by atoms with E-state index in [1.165, 1.54) is 22.9 Å². The molecule has 2 atom stereocenters. The van der Waals surface area contributed by atoms with Crippen LogP contribution in [0.2, 0.25) is 0 Å². The van der Waals surface area contributed by atoms with Gasteiger partial charge in [-0.05, 0) is 57.5 Å². The van der Waals surface area contributed by atoms with Gasteiger partial charge in [-0.2, -0.15) is 22.6 Å². The number of thioether (sulfide) groups is 1. The Labute approximate surface area is 260 Å². The highest BCUT2D eigenvalue weighted by molar-refractivity contribution is 7.99. The van der Waals surface area contributed by atoms with Crippen LogP contribution < -0.4 is 0 Å². The third-order valence-electron chi connectivity index (χ3n) is 8.72. The van der Waals surface area contributed by atoms with E-state index < -0.39 is 39.9 Å². The van der Waals surface area contributed by atoms with Gasteiger partial charge in [0.2, 0.25) is 10.0 Å². The van der Waals surface area contributed by atoms with Gasteiger partial charge in [0, 0.05) is 60.1 Å². The van der Waals surface area contributed by atoms with Crippen molar-refractivity contribution in [3.8, 4) is 11.3 Å². The Morgan fingerprint density at radius 3 is 2.55 bits per heavy atom. The molecule has 3 aliphatic heterocycles. The first-order chi connectivity index (χ1) is 20.8. The van der Waals surface area contributed by atoms with Gasteiger partial charge in [-0.3, -0.25) is 14.4 Å². The average molecular weight is 660 g/mol. The van der Waals surface area contributed by atoms with Crippen molar-refractivity contribution in [1.29, 1.82) is 0 Å². The molecule has 2 saturated heterocycles. The quantitative estimate of drug-likeness (QED) is 0.350. The van der Waals surface area contributed by atoms with E-state index in [9.17, 15) is 36.6 Å². The monoisotopic (exact) mass is 659 g/mol. The lowest BCUT2D eigenvalue weighted by Gasteiger charge is -2.27. The van der Waals surface area contributed by atoms with E-state index in [0.29, 0.717) is 54.2 Å². The number of rotatable bonds is 11. The van der Waals surface area contributed by atoms with Crippen molar-refractivity contribution in [2.45, 2.75) is 74.8 Å². The maximum absolute atomic E-state index is 14.0. The molecule has 0 bridgehead atoms. The first kappa shape index (κ1) is 33.2. The number of sulfonamides is 1. The molecule has 244 valence electrons. The second-order valence-electron chi connectivity index (χ2n) is 11.9. The molecule has 15 heteroatoms. The van der Waals surface area contributed by atoms with E-state index >= 15 is 0 Å². The van der Waals surface area contributed by atoms with Crippen LogP contribution in [-0.4, -0.2) is 112 Å². The Bertz CT molecular complexity index is 1450. The average Bonchev–Trinajstić information content (AvgIpc) is 3.57. The number of aliphatic carboxylic acids is 1. The van der Waals surface area contributed by atoms with Gasteiger partial charge in [0.05, 0.1) is 30.2 Å². The molecule has 1 aromatic heterocycles. The van der Waals surface area contributed by atoms with E-state index in [4.69, 9.17) is 5.10 Å². The molecular weight excluding hydrogens is 619 g/mol. The lowest BCUT2D eigenvalue weighted by Crippen LogP contribution is -2.42. The summed E-state index contributed by atoms with van der Waals surface area (Å²) in [6.07, 6.45) is 0.556. The second-order valence-corrected chi connectivity index (χ2v) is 15.0. The number of likely N-dealkylation sites (tertiary alicyclic amines) is 2. The molecule has 2 unspecified atom stereocenters. The van der Waals surface area contributed by atoms with Crippen molar-refractivity contribution in [1.82, 2.24) is 23.9 Å². The third kappa shape index (κ3) is 7.79. The number of alkyl halides is 3. The zero-order valence-corrected chi connectivity index (χ0v) is 26.4. The number of hydrogen-bond donors (Lipinski definition) is 2. The highest BCUT2D eigenvalue weighted by atomic mass is 32.2. The maximum atomic E-state index is 14.0. The number of carboxylic acids is 1. The summed E-state index contributed by atoms with van der Waals surface area (Å²) >= 11 is 1.16. The van der Waals surface area contributed by atoms with Crippen molar-refractivity contribution in [3.63, 3.8) is 0 Å². The van der Waals surface area contributed by atoms with Crippen LogP contribution in [0, 0.1) is 0 Å². The van der Waals surface area contributed by atoms with Gasteiger partial charge >= 0.3 is 12.1 Å². The predicted octanol–water partition coefficient (Wildman–Crippen LogP) is 3.37. The number of aliphatic hydroxyl groups excluding tert-OH is 1. The van der Waals surface area contributed by atoms with E-state index in [1.807, 2.05) is 0 Å². The Morgan fingerprint density at radius 1 is 1.11 bits per heavy atom. The van der Waals surface area contributed by atoms with Crippen LogP contribution in [0.3, 0.4) is 0 Å². The summed E-state index contributed by atoms with van der Waals surface area (Å²) in [7, 11) is -3.54. The molecule has 1 aromatic carbocycles. The summed E-state index contributed by atoms with van der Waals surface area (Å²) in [5.41, 5.74) is 1.43. The van der Waals surface area contributed by atoms with Crippen molar-refractivity contribution in [2.75, 3.05) is 51.3 Å². The molecular formula is C29H40F3N5O5S2. The predicted molar refractivity (Wildman–Crippen MR) is 161 cm³/mol. The van der Waals surface area contributed by atoms with Crippen LogP contribution in [0.25, 0.3) is 11.3 Å². The summed E-state index contributed by atoms with van der Waals surface area (Å²) in [4.78, 5) is 15.7. The summed E-state index contributed by atoms with van der Waals surface area (Å²) in [6.45, 7) is 3.56. The summed E-state index contributed by atoms with van der Waals surface area (Å²) in [6, 6.07) is 3.28. The lowest BCUT2D eigenvalue weighted by atomic mass is 10.0. The maximum Gasteiger partial charge on any atom is 0.417 e. The number of nitrogens with zero attached hydrogens (tertiary/aromatic N) is 5. The molecule has 0 radical (unpaired) electrons. The largest absolute Gasteiger partial charge is 0.480 e. The third-order valence-corrected chi connectivity index (χ3v) is 11.0. The number of hydrogen-bond acceptors (Lipinski definition) is 8. The van der Waals surface area contributed by atoms with Crippen LogP contribution in [0.4, 0.5) is 13.2 Å². The highest BCUT2D eigenvalue weighted by Gasteiger charge is 2.36. The molecule has 44 heavy (non-hydrogen) atoms. The van der Waals surface area contributed by atoms with Gasteiger partial charge < -0.3 is 15.1 Å². The summed E-state index contributed by atoms with van der Waals surface area (Å²) < 4.78 is 69.9. The fourth-order valence-electron chi connectivity index (χ4n) is 6.48. The minimum Gasteiger partial charge on any atom is -0.480 e. The Morgan fingerprint density at radius 2 is 1.86 bits per heavy atom. The molecule has 0 saturated carbocycles. The van der Waals surface area contributed by atoms with E-state index in [1.54, 1.807) is 9.58 Å². The van der Waals surface area contributed by atoms with Crippen LogP contribution in [0.15, 0.2) is 23.1 Å². The molecule has 10 nitrogen and oxygen atoms in total. The van der Waals surface area contributed by atoms with Crippen molar-refractivity contribution >= 4 is 27.8 Å². The fraction of sp³-hybridized carbons (Fsp3) is 0.655. The topological polar surface area (TPSA) is 119 Å². The van der Waals surface area contributed by atoms with Crippen molar-refractivity contribution in [2.24, 2.45) is 0 Å². The first-order valence-electron chi connectivity index (χ1n) is 15.1. The number of halogens is 3. The van der Waals surface area contributed by atoms with Crippen molar-refractivity contribution < 1.29 is 36.6 Å². The van der Waals surface area contributed by atoms with Gasteiger partial charge in [0.25, 0.3) is 0 Å². The number of β-amino-alcohol motifs (C(OH)–C–C–N with tert-alkyl or cyclic N) is 1. The smallest absolute Gasteiger partial charge is 0.417 e. The molecule has 2 aromatic rings. The molecule has 2 fully saturated rings. The first-order valence-corrected chi connectivity index (χ1v) is 17.9. The number of aliphatic hydroxyl groups is 1. The zero-order chi connectivity index (χ0) is 31.6. The Balaban J connectivity index is 1.44. The zero-order valence-electron chi connectivity index (χ0n) is 24.8. The Hall–Kier alpha value is -2.17. The lowest BCUT2D eigenvalue weighted by molar-refractivity contribution is -0.142. The van der Waals surface area contributed by atoms with Gasteiger partial charge in [-0.15, -0.1) is 11.8 Å². The minimum absolute atomic E-state index is 0.0191. The molecule has 0 amide bonds. The number of carbonyl (C=O) groups is 1. The number of aromatic nitrogens is 2. The summed E-state index contributed by atoms with van der Waals surface area (Å²) in [5.74, 6) is -0.428. The number of carboxylic acid groups (broad SMARTS) is 1. The van der Waals surface area contributed by atoms with Gasteiger partial charge in [-0.1, -0.05) is 12.5 Å². The van der Waals surface area contributed by atoms with Crippen LogP contribution >= 0.6 is 11.8 Å². The van der Waals surface area contributed by atoms with Gasteiger partial charge in [-0.25, -0.2) is 8.42 Å². The van der Waals surface area contributed by atoms with Crippen LogP contribution in [0.1, 0.15) is 48.9 Å². The number of fused-ring (bicyclic) bond motifs is 1. The van der Waals surface area contributed by atoms with Gasteiger partial charge in [0.1, 0.15) is 6.04 Å². The molecule has 5 rings (SSSR count). The molecule has 4 heterocycles. The van der Waals surface area contributed by atoms with Crippen molar-refractivity contribution in [3.05, 3.63) is 35.0 Å². The summed E-state index contributed by atoms with van der Waals surface area (Å²) in [5, 5.41) is 25.2. The number of benzene rings is 1. The van der Waals surface area contributed by atoms with E-state index in [-0.39, 0.29) is 31.1 Å². The molecule has 0 aliphatic carbocycles. The fourth-order valence-corrected chi connectivity index (χ4v) is 8.38. The standard InChI is InChI=1S/C29H40F3N5O5S2/c1-44(41,42)36-13-9-24-22(19-36)27(33-37(24)18-21(38)17-35-12-5-6-25(35)28(39)40)20-7-8-23(29(30,31)32)26(16-20)43-15-14-34-10-3-2-4-11-34/h7-8,16,21,25,38H,2-6,9-15,17-19H2,1H3,(H,39,40). The van der Waals surface area contributed by atoms with E-state index in [2.05, 4.69) is 4.90 Å². The Kier molecular flexibility index (Phi) is 10.3. The van der Waals surface area contributed by atoms with Crippen LogP contribution in [0.5, 0.6) is 0 Å². The molecule has 3 aliphatic rings. The highest BCUT2D eigenvalue weighted by Crippen LogP contribution is 2.40. The normalized spacial score (nSPS) is 21.4. The number of piperidine rings is 1. The minimum atomic E-state index is -4.54. The van der Waals surface area contributed by atoms with Gasteiger partial charge in [0.15, 0.2) is 0 Å². The molecule has 0 spiro atoms.